The molecule has 0 amide bonds. The van der Waals surface area contributed by atoms with E-state index in [1.807, 2.05) is 39.0 Å². The van der Waals surface area contributed by atoms with Gasteiger partial charge in [0.2, 0.25) is 5.88 Å². The summed E-state index contributed by atoms with van der Waals surface area (Å²) in [5.74, 6) is 0.350. The van der Waals surface area contributed by atoms with E-state index in [4.69, 9.17) is 9.47 Å². The lowest BCUT2D eigenvalue weighted by atomic mass is 9.88. The summed E-state index contributed by atoms with van der Waals surface area (Å²) in [6.07, 6.45) is 0.562. The summed E-state index contributed by atoms with van der Waals surface area (Å²) < 4.78 is 26.2. The number of alkyl halides is 1. The molecule has 23 heavy (non-hydrogen) atoms. The van der Waals surface area contributed by atoms with Crippen molar-refractivity contribution in [2.45, 2.75) is 39.8 Å². The summed E-state index contributed by atoms with van der Waals surface area (Å²) >= 11 is 0. The number of aryl methyl sites for hydroxylation is 2. The zero-order chi connectivity index (χ0) is 17.2. The number of nitrogens with zero attached hydrogens (tertiary/aromatic N) is 2. The fraction of sp³-hybridized carbons (Fsp3) is 0.444. The Balaban J connectivity index is 2.71. The van der Waals surface area contributed by atoms with Crippen molar-refractivity contribution in [2.24, 2.45) is 0 Å². The Labute approximate surface area is 136 Å². The van der Waals surface area contributed by atoms with Crippen LogP contribution in [0.25, 0.3) is 0 Å². The highest BCUT2D eigenvalue weighted by molar-refractivity contribution is 5.43. The van der Waals surface area contributed by atoms with Crippen molar-refractivity contribution in [1.29, 1.82) is 0 Å². The number of halogens is 1. The first-order valence-electron chi connectivity index (χ1n) is 7.60. The second-order valence-electron chi connectivity index (χ2n) is 5.78. The molecule has 0 N–H and O–H groups in total. The number of hydrogen-bond donors (Lipinski definition) is 0. The Morgan fingerprint density at radius 2 is 1.65 bits per heavy atom. The first-order chi connectivity index (χ1) is 10.8. The zero-order valence-corrected chi connectivity index (χ0v) is 14.5. The molecule has 2 aromatic rings. The maximum Gasteiger partial charge on any atom is 0.319 e. The molecule has 1 aromatic carbocycles. The van der Waals surface area contributed by atoms with E-state index in [2.05, 4.69) is 9.97 Å². The summed E-state index contributed by atoms with van der Waals surface area (Å²) in [6, 6.07) is 5.80. The minimum absolute atomic E-state index is 0.0994. The van der Waals surface area contributed by atoms with Crippen LogP contribution in [0.1, 0.15) is 41.8 Å². The van der Waals surface area contributed by atoms with Gasteiger partial charge in [0.1, 0.15) is 0 Å². The van der Waals surface area contributed by atoms with Crippen molar-refractivity contribution < 1.29 is 13.9 Å². The SMILES string of the molecule is CCc1c(OC)nc(OC)nc1C(C)(F)c1cc(C)cc(C)c1. The van der Waals surface area contributed by atoms with E-state index in [-0.39, 0.29) is 11.7 Å². The van der Waals surface area contributed by atoms with Gasteiger partial charge in [0, 0.05) is 5.56 Å². The van der Waals surface area contributed by atoms with Crippen LogP contribution in [-0.4, -0.2) is 24.2 Å². The quantitative estimate of drug-likeness (QED) is 0.838. The summed E-state index contributed by atoms with van der Waals surface area (Å²) in [6.45, 7) is 7.35. The normalized spacial score (nSPS) is 13.5. The Kier molecular flexibility index (Phi) is 4.88. The van der Waals surface area contributed by atoms with Gasteiger partial charge in [-0.3, -0.25) is 0 Å². The minimum Gasteiger partial charge on any atom is -0.481 e. The average Bonchev–Trinajstić information content (AvgIpc) is 2.52. The third-order valence-corrected chi connectivity index (χ3v) is 3.89. The summed E-state index contributed by atoms with van der Waals surface area (Å²) in [5.41, 5.74) is 1.74. The molecule has 1 unspecified atom stereocenters. The lowest BCUT2D eigenvalue weighted by Gasteiger charge is -2.25. The van der Waals surface area contributed by atoms with Crippen LogP contribution in [-0.2, 0) is 12.1 Å². The van der Waals surface area contributed by atoms with E-state index >= 15 is 4.39 Å². The number of hydrogen-bond acceptors (Lipinski definition) is 4. The van der Waals surface area contributed by atoms with E-state index in [1.54, 1.807) is 0 Å². The Morgan fingerprint density at radius 3 is 2.13 bits per heavy atom. The van der Waals surface area contributed by atoms with Crippen molar-refractivity contribution in [3.05, 3.63) is 46.1 Å². The maximum absolute atomic E-state index is 15.8. The van der Waals surface area contributed by atoms with Crippen LogP contribution in [0.15, 0.2) is 18.2 Å². The smallest absolute Gasteiger partial charge is 0.319 e. The van der Waals surface area contributed by atoms with E-state index in [0.29, 0.717) is 23.4 Å². The summed E-state index contributed by atoms with van der Waals surface area (Å²) in [5, 5.41) is 0. The predicted octanol–water partition coefficient (Wildman–Crippen LogP) is 3.91. The molecular weight excluding hydrogens is 295 g/mol. The molecule has 0 fully saturated rings. The fourth-order valence-corrected chi connectivity index (χ4v) is 2.79. The molecular formula is C18H23FN2O2. The molecule has 1 atom stereocenters. The molecule has 0 spiro atoms. The monoisotopic (exact) mass is 318 g/mol. The molecule has 0 aliphatic carbocycles. The van der Waals surface area contributed by atoms with Gasteiger partial charge in [-0.2, -0.15) is 9.97 Å². The third-order valence-electron chi connectivity index (χ3n) is 3.89. The molecule has 0 saturated heterocycles. The second-order valence-corrected chi connectivity index (χ2v) is 5.78. The minimum atomic E-state index is -1.77. The summed E-state index contributed by atoms with van der Waals surface area (Å²) in [4.78, 5) is 8.45. The first kappa shape index (κ1) is 17.2. The first-order valence-corrected chi connectivity index (χ1v) is 7.60. The molecule has 0 saturated carbocycles. The molecule has 124 valence electrons. The van der Waals surface area contributed by atoms with Gasteiger partial charge < -0.3 is 9.47 Å². The van der Waals surface area contributed by atoms with Gasteiger partial charge in [-0.05, 0) is 32.8 Å². The van der Waals surface area contributed by atoms with Gasteiger partial charge >= 0.3 is 6.01 Å². The van der Waals surface area contributed by atoms with Gasteiger partial charge in [0.15, 0.2) is 5.67 Å². The standard InChI is InChI=1S/C18H23FN2O2/c1-7-14-15(20-17(23-6)21-16(14)22-5)18(4,19)13-9-11(2)8-12(3)10-13/h8-10H,7H2,1-6H3. The van der Waals surface area contributed by atoms with E-state index in [0.717, 1.165) is 11.1 Å². The van der Waals surface area contributed by atoms with Crippen molar-refractivity contribution in [3.8, 4) is 11.9 Å². The van der Waals surface area contributed by atoms with E-state index in [1.165, 1.54) is 21.1 Å². The van der Waals surface area contributed by atoms with Gasteiger partial charge in [-0.1, -0.05) is 36.2 Å². The Morgan fingerprint density at radius 1 is 1.04 bits per heavy atom. The van der Waals surface area contributed by atoms with Crippen LogP contribution in [0.4, 0.5) is 4.39 Å². The molecule has 0 radical (unpaired) electrons. The number of ether oxygens (including phenoxy) is 2. The third kappa shape index (κ3) is 3.28. The van der Waals surface area contributed by atoms with Crippen molar-refractivity contribution in [2.75, 3.05) is 14.2 Å². The van der Waals surface area contributed by atoms with Crippen LogP contribution in [0.3, 0.4) is 0 Å². The molecule has 1 heterocycles. The maximum atomic E-state index is 15.8. The van der Waals surface area contributed by atoms with Crippen LogP contribution >= 0.6 is 0 Å². The molecule has 0 bridgehead atoms. The van der Waals surface area contributed by atoms with Gasteiger partial charge in [0.05, 0.1) is 19.9 Å². The van der Waals surface area contributed by atoms with Crippen LogP contribution in [0.5, 0.6) is 11.9 Å². The zero-order valence-electron chi connectivity index (χ0n) is 14.5. The molecule has 1 aromatic heterocycles. The lowest BCUT2D eigenvalue weighted by Crippen LogP contribution is -2.23. The molecule has 4 nitrogen and oxygen atoms in total. The van der Waals surface area contributed by atoms with Gasteiger partial charge in [-0.25, -0.2) is 4.39 Å². The van der Waals surface area contributed by atoms with Crippen molar-refractivity contribution >= 4 is 0 Å². The van der Waals surface area contributed by atoms with Crippen LogP contribution in [0, 0.1) is 13.8 Å². The molecule has 0 aliphatic rings. The molecule has 0 aliphatic heterocycles. The van der Waals surface area contributed by atoms with Crippen LogP contribution in [0.2, 0.25) is 0 Å². The lowest BCUT2D eigenvalue weighted by molar-refractivity contribution is 0.234. The number of rotatable bonds is 5. The molecule has 5 heteroatoms. The largest absolute Gasteiger partial charge is 0.481 e. The highest BCUT2D eigenvalue weighted by Crippen LogP contribution is 2.38. The van der Waals surface area contributed by atoms with Crippen molar-refractivity contribution in [1.82, 2.24) is 9.97 Å². The van der Waals surface area contributed by atoms with Gasteiger partial charge in [0.25, 0.3) is 0 Å². The number of benzene rings is 1. The Hall–Kier alpha value is -2.17. The number of methoxy groups -OCH3 is 2. The van der Waals surface area contributed by atoms with Gasteiger partial charge in [-0.15, -0.1) is 0 Å². The van der Waals surface area contributed by atoms with E-state index < -0.39 is 5.67 Å². The van der Waals surface area contributed by atoms with Crippen molar-refractivity contribution in [3.63, 3.8) is 0 Å². The Bertz CT molecular complexity index is 694. The van der Waals surface area contributed by atoms with Crippen LogP contribution < -0.4 is 9.47 Å². The number of aromatic nitrogens is 2. The molecule has 2 rings (SSSR count). The fourth-order valence-electron chi connectivity index (χ4n) is 2.79. The summed E-state index contributed by atoms with van der Waals surface area (Å²) in [7, 11) is 2.97. The second kappa shape index (κ2) is 6.52. The highest BCUT2D eigenvalue weighted by atomic mass is 19.1. The highest BCUT2D eigenvalue weighted by Gasteiger charge is 2.35. The topological polar surface area (TPSA) is 44.2 Å². The predicted molar refractivity (Wildman–Crippen MR) is 88.0 cm³/mol. The average molecular weight is 318 g/mol. The van der Waals surface area contributed by atoms with E-state index in [9.17, 15) is 0 Å².